The van der Waals surface area contributed by atoms with Crippen LogP contribution in [0.2, 0.25) is 5.02 Å². The van der Waals surface area contributed by atoms with E-state index in [1.54, 1.807) is 9.80 Å². The summed E-state index contributed by atoms with van der Waals surface area (Å²) in [4.78, 5) is 29.5. The van der Waals surface area contributed by atoms with Crippen molar-refractivity contribution >= 4 is 23.4 Å². The molecule has 1 aliphatic carbocycles. The minimum absolute atomic E-state index is 0.0928. The minimum atomic E-state index is -0.482. The lowest BCUT2D eigenvalue weighted by molar-refractivity contribution is 0.0531. The molecule has 0 spiro atoms. The lowest BCUT2D eigenvalue weighted by Crippen LogP contribution is -2.50. The third-order valence-corrected chi connectivity index (χ3v) is 6.46. The van der Waals surface area contributed by atoms with E-state index in [1.165, 1.54) is 12.1 Å². The summed E-state index contributed by atoms with van der Waals surface area (Å²) < 4.78 is 15.2. The molecule has 1 fully saturated rings. The van der Waals surface area contributed by atoms with Crippen molar-refractivity contribution in [1.29, 1.82) is 0 Å². The Balaban J connectivity index is 1.32. The molecule has 8 heteroatoms. The van der Waals surface area contributed by atoms with E-state index in [-0.39, 0.29) is 22.4 Å². The number of para-hydroxylation sites is 1. The van der Waals surface area contributed by atoms with Crippen molar-refractivity contribution in [3.05, 3.63) is 81.9 Å². The van der Waals surface area contributed by atoms with Crippen LogP contribution in [0.4, 0.5) is 4.39 Å². The monoisotopic (exact) mass is 452 g/mol. The van der Waals surface area contributed by atoms with Crippen LogP contribution < -0.4 is 0 Å². The third-order valence-electron chi connectivity index (χ3n) is 6.15. The molecule has 2 aromatic carbocycles. The van der Waals surface area contributed by atoms with Crippen LogP contribution in [0.25, 0.3) is 5.69 Å². The van der Waals surface area contributed by atoms with Crippen LogP contribution in [-0.4, -0.2) is 57.6 Å². The number of hydrogen-bond acceptors (Lipinski definition) is 3. The van der Waals surface area contributed by atoms with Crippen molar-refractivity contribution in [1.82, 2.24) is 19.6 Å². The van der Waals surface area contributed by atoms with Crippen LogP contribution in [0.15, 0.2) is 48.5 Å². The Morgan fingerprint density at radius 1 is 0.906 bits per heavy atom. The van der Waals surface area contributed by atoms with E-state index < -0.39 is 5.82 Å². The van der Waals surface area contributed by atoms with Gasteiger partial charge in [0, 0.05) is 37.4 Å². The Hall–Kier alpha value is -3.19. The number of fused-ring (bicyclic) bond motifs is 1. The summed E-state index contributed by atoms with van der Waals surface area (Å²) in [5.41, 5.74) is 3.89. The lowest BCUT2D eigenvalue weighted by Gasteiger charge is -2.34. The Bertz CT molecular complexity index is 1190. The van der Waals surface area contributed by atoms with Gasteiger partial charge in [0.15, 0.2) is 5.69 Å². The summed E-state index contributed by atoms with van der Waals surface area (Å²) in [5, 5.41) is 4.78. The molecule has 6 nitrogen and oxygen atoms in total. The molecule has 0 unspecified atom stereocenters. The molecule has 0 N–H and O–H groups in total. The van der Waals surface area contributed by atoms with Crippen LogP contribution in [0.1, 0.15) is 38.5 Å². The maximum Gasteiger partial charge on any atom is 0.274 e. The summed E-state index contributed by atoms with van der Waals surface area (Å²) in [5.74, 6) is -0.828. The highest BCUT2D eigenvalue weighted by atomic mass is 35.5. The van der Waals surface area contributed by atoms with Gasteiger partial charge >= 0.3 is 0 Å². The van der Waals surface area contributed by atoms with Gasteiger partial charge in [-0.1, -0.05) is 29.8 Å². The molecule has 2 heterocycles. The molecular weight excluding hydrogens is 431 g/mol. The van der Waals surface area contributed by atoms with Gasteiger partial charge in [0.1, 0.15) is 5.82 Å². The Labute approximate surface area is 190 Å². The average Bonchev–Trinajstić information content (AvgIpc) is 3.42. The number of carbonyl (C=O) groups excluding carboxylic acids is 2. The summed E-state index contributed by atoms with van der Waals surface area (Å²) in [6, 6.07) is 13.6. The Kier molecular flexibility index (Phi) is 5.43. The second-order valence-corrected chi connectivity index (χ2v) is 8.49. The van der Waals surface area contributed by atoms with E-state index in [0.29, 0.717) is 31.9 Å². The van der Waals surface area contributed by atoms with Gasteiger partial charge in [-0.3, -0.25) is 9.59 Å². The predicted octanol–water partition coefficient (Wildman–Crippen LogP) is 3.75. The van der Waals surface area contributed by atoms with E-state index in [1.807, 2.05) is 35.0 Å². The first kappa shape index (κ1) is 20.7. The molecule has 1 aliphatic heterocycles. The molecule has 32 heavy (non-hydrogen) atoms. The van der Waals surface area contributed by atoms with Crippen molar-refractivity contribution < 1.29 is 14.0 Å². The van der Waals surface area contributed by atoms with E-state index in [0.717, 1.165) is 42.3 Å². The van der Waals surface area contributed by atoms with Gasteiger partial charge in [0.25, 0.3) is 11.8 Å². The molecule has 5 rings (SSSR count). The van der Waals surface area contributed by atoms with Crippen molar-refractivity contribution in [2.24, 2.45) is 0 Å². The molecule has 1 saturated heterocycles. The average molecular weight is 453 g/mol. The van der Waals surface area contributed by atoms with E-state index in [9.17, 15) is 14.0 Å². The summed E-state index contributed by atoms with van der Waals surface area (Å²) in [6.07, 6.45) is 2.77. The van der Waals surface area contributed by atoms with Crippen molar-refractivity contribution in [3.8, 4) is 5.69 Å². The summed E-state index contributed by atoms with van der Waals surface area (Å²) in [6.45, 7) is 1.60. The Morgan fingerprint density at radius 3 is 2.28 bits per heavy atom. The maximum atomic E-state index is 13.3. The number of aromatic nitrogens is 2. The molecule has 0 atom stereocenters. The zero-order valence-electron chi connectivity index (χ0n) is 17.4. The van der Waals surface area contributed by atoms with Gasteiger partial charge < -0.3 is 9.80 Å². The summed E-state index contributed by atoms with van der Waals surface area (Å²) >= 11 is 6.05. The first-order valence-corrected chi connectivity index (χ1v) is 11.1. The lowest BCUT2D eigenvalue weighted by atomic mass is 10.1. The highest BCUT2D eigenvalue weighted by Crippen LogP contribution is 2.29. The number of rotatable bonds is 3. The number of benzene rings is 2. The fourth-order valence-corrected chi connectivity index (χ4v) is 4.74. The normalized spacial score (nSPS) is 15.7. The predicted molar refractivity (Wildman–Crippen MR) is 119 cm³/mol. The second kappa shape index (κ2) is 8.39. The van der Waals surface area contributed by atoms with Gasteiger partial charge in [-0.2, -0.15) is 5.10 Å². The largest absolute Gasteiger partial charge is 0.335 e. The van der Waals surface area contributed by atoms with Crippen LogP contribution in [-0.2, 0) is 12.8 Å². The molecule has 3 aromatic rings. The highest BCUT2D eigenvalue weighted by molar-refractivity contribution is 6.33. The van der Waals surface area contributed by atoms with Gasteiger partial charge in [-0.25, -0.2) is 9.07 Å². The van der Waals surface area contributed by atoms with Crippen LogP contribution in [0.5, 0.6) is 0 Å². The maximum absolute atomic E-state index is 13.3. The van der Waals surface area contributed by atoms with E-state index in [4.69, 9.17) is 16.7 Å². The number of carbonyl (C=O) groups is 2. The van der Waals surface area contributed by atoms with Gasteiger partial charge in [-0.15, -0.1) is 0 Å². The number of hydrogen-bond donors (Lipinski definition) is 0. The molecule has 1 aromatic heterocycles. The topological polar surface area (TPSA) is 58.4 Å². The van der Waals surface area contributed by atoms with Crippen LogP contribution >= 0.6 is 11.6 Å². The van der Waals surface area contributed by atoms with Gasteiger partial charge in [-0.05, 0) is 49.6 Å². The molecular formula is C24H22ClFN4O2. The molecule has 2 amide bonds. The number of halogens is 2. The molecule has 0 radical (unpaired) electrons. The Morgan fingerprint density at radius 2 is 1.59 bits per heavy atom. The van der Waals surface area contributed by atoms with Crippen molar-refractivity contribution in [2.45, 2.75) is 19.3 Å². The van der Waals surface area contributed by atoms with Gasteiger partial charge in [0.05, 0.1) is 16.3 Å². The van der Waals surface area contributed by atoms with E-state index in [2.05, 4.69) is 0 Å². The van der Waals surface area contributed by atoms with Crippen LogP contribution in [0.3, 0.4) is 0 Å². The number of amides is 2. The van der Waals surface area contributed by atoms with E-state index >= 15 is 0 Å². The number of piperazine rings is 1. The van der Waals surface area contributed by atoms with Crippen molar-refractivity contribution in [2.75, 3.05) is 26.2 Å². The second-order valence-electron chi connectivity index (χ2n) is 8.08. The smallest absolute Gasteiger partial charge is 0.274 e. The summed E-state index contributed by atoms with van der Waals surface area (Å²) in [7, 11) is 0. The zero-order chi connectivity index (χ0) is 22.2. The fourth-order valence-electron chi connectivity index (χ4n) is 4.49. The third kappa shape index (κ3) is 3.66. The molecule has 164 valence electrons. The first-order valence-electron chi connectivity index (χ1n) is 10.7. The SMILES string of the molecule is O=C(c1ccc(F)cc1Cl)N1CCN(C(=O)c2nn(-c3ccccc3)c3c2CCC3)CC1. The van der Waals surface area contributed by atoms with Gasteiger partial charge in [0.2, 0.25) is 0 Å². The quantitative estimate of drug-likeness (QED) is 0.608. The minimum Gasteiger partial charge on any atom is -0.335 e. The van der Waals surface area contributed by atoms with Crippen LogP contribution in [0, 0.1) is 5.82 Å². The number of nitrogens with zero attached hydrogens (tertiary/aromatic N) is 4. The fraction of sp³-hybridized carbons (Fsp3) is 0.292. The standard InChI is InChI=1S/C24H22ClFN4O2/c25-20-15-16(26)9-10-18(20)23(31)28-11-13-29(14-12-28)24(32)22-19-7-4-8-21(19)30(27-22)17-5-2-1-3-6-17/h1-3,5-6,9-10,15H,4,7-8,11-14H2. The first-order chi connectivity index (χ1) is 15.5. The zero-order valence-corrected chi connectivity index (χ0v) is 18.2. The molecule has 0 bridgehead atoms. The molecule has 0 saturated carbocycles. The molecule has 2 aliphatic rings. The van der Waals surface area contributed by atoms with Crippen molar-refractivity contribution in [3.63, 3.8) is 0 Å². The highest BCUT2D eigenvalue weighted by Gasteiger charge is 2.32.